The van der Waals surface area contributed by atoms with E-state index in [2.05, 4.69) is 0 Å². The van der Waals surface area contributed by atoms with E-state index in [1.54, 1.807) is 0 Å². The van der Waals surface area contributed by atoms with E-state index in [4.69, 9.17) is 10.5 Å². The molecule has 7 heteroatoms. The number of hydrogen-bond acceptors (Lipinski definition) is 5. The van der Waals surface area contributed by atoms with Crippen LogP contribution in [0.2, 0.25) is 0 Å². The Hall–Kier alpha value is -1.89. The molecule has 2 heterocycles. The fourth-order valence-electron chi connectivity index (χ4n) is 3.65. The lowest BCUT2D eigenvalue weighted by Crippen LogP contribution is -2.47. The zero-order valence-electron chi connectivity index (χ0n) is 11.8. The summed E-state index contributed by atoms with van der Waals surface area (Å²) in [5.74, 6) is -0.682. The molecule has 6 nitrogen and oxygen atoms in total. The van der Waals surface area contributed by atoms with Crippen molar-refractivity contribution in [2.45, 2.75) is 43.8 Å². The van der Waals surface area contributed by atoms with Crippen LogP contribution in [0.1, 0.15) is 25.7 Å². The summed E-state index contributed by atoms with van der Waals surface area (Å²) in [6.45, 7) is 0. The fourth-order valence-corrected chi connectivity index (χ4v) is 3.65. The summed E-state index contributed by atoms with van der Waals surface area (Å²) in [5, 5.41) is 11.3. The van der Waals surface area contributed by atoms with Gasteiger partial charge in [-0.25, -0.2) is 4.39 Å². The molecule has 1 aromatic rings. The van der Waals surface area contributed by atoms with E-state index >= 15 is 0 Å². The number of ether oxygens (including phenoxy) is 1. The van der Waals surface area contributed by atoms with Gasteiger partial charge in [0.25, 0.3) is 5.69 Å². The summed E-state index contributed by atoms with van der Waals surface area (Å²) in [5.41, 5.74) is 6.26. The molecule has 2 aliphatic rings. The minimum Gasteiger partial charge on any atom is -0.494 e. The highest BCUT2D eigenvalue weighted by Gasteiger charge is 2.42. The maximum absolute atomic E-state index is 13.8. The van der Waals surface area contributed by atoms with Crippen molar-refractivity contribution >= 4 is 11.4 Å². The third-order valence-electron chi connectivity index (χ3n) is 4.49. The van der Waals surface area contributed by atoms with Crippen LogP contribution >= 0.6 is 0 Å². The molecule has 2 N–H and O–H groups in total. The van der Waals surface area contributed by atoms with E-state index in [0.717, 1.165) is 31.7 Å². The summed E-state index contributed by atoms with van der Waals surface area (Å²) < 4.78 is 18.7. The molecule has 3 rings (SSSR count). The predicted molar refractivity (Wildman–Crippen MR) is 76.1 cm³/mol. The summed E-state index contributed by atoms with van der Waals surface area (Å²) in [6.07, 6.45) is 3.56. The van der Waals surface area contributed by atoms with Gasteiger partial charge in [0.15, 0.2) is 11.6 Å². The monoisotopic (exact) mass is 295 g/mol. The van der Waals surface area contributed by atoms with Crippen molar-refractivity contribution in [1.82, 2.24) is 0 Å². The molecule has 0 radical (unpaired) electrons. The van der Waals surface area contributed by atoms with E-state index < -0.39 is 10.7 Å². The van der Waals surface area contributed by atoms with Crippen LogP contribution < -0.4 is 15.4 Å². The number of anilines is 1. The smallest absolute Gasteiger partial charge is 0.295 e. The molecule has 2 saturated heterocycles. The van der Waals surface area contributed by atoms with Crippen LogP contribution in [0, 0.1) is 15.9 Å². The van der Waals surface area contributed by atoms with Gasteiger partial charge in [-0.2, -0.15) is 0 Å². The van der Waals surface area contributed by atoms with E-state index in [1.807, 2.05) is 4.90 Å². The molecule has 2 aliphatic heterocycles. The van der Waals surface area contributed by atoms with E-state index in [-0.39, 0.29) is 29.6 Å². The van der Waals surface area contributed by atoms with E-state index in [9.17, 15) is 14.5 Å². The standard InChI is InChI=1S/C14H18FN3O3/c1-21-14-7-12(13(18(19)20)6-11(14)15)17-9-2-3-10(17)5-8(16)4-9/h6-10H,2-5,16H2,1H3. The van der Waals surface area contributed by atoms with Crippen LogP contribution in [0.15, 0.2) is 12.1 Å². The number of fused-ring (bicyclic) bond motifs is 2. The molecule has 1 aromatic carbocycles. The Balaban J connectivity index is 2.07. The summed E-state index contributed by atoms with van der Waals surface area (Å²) in [6, 6.07) is 2.90. The van der Waals surface area contributed by atoms with Crippen LogP contribution in [0.3, 0.4) is 0 Å². The number of halogens is 1. The molecule has 0 aromatic heterocycles. The van der Waals surface area contributed by atoms with Crippen LogP contribution in [-0.2, 0) is 0 Å². The molecule has 2 bridgehead atoms. The predicted octanol–water partition coefficient (Wildman–Crippen LogP) is 2.20. The highest BCUT2D eigenvalue weighted by molar-refractivity contribution is 5.68. The van der Waals surface area contributed by atoms with Gasteiger partial charge in [-0.15, -0.1) is 0 Å². The molecule has 0 saturated carbocycles. The number of nitrogens with two attached hydrogens (primary N) is 1. The minimum absolute atomic E-state index is 0.0323. The van der Waals surface area contributed by atoms with Crippen molar-refractivity contribution in [2.24, 2.45) is 5.73 Å². The van der Waals surface area contributed by atoms with Gasteiger partial charge < -0.3 is 15.4 Å². The lowest BCUT2D eigenvalue weighted by Gasteiger charge is -2.39. The van der Waals surface area contributed by atoms with Crippen molar-refractivity contribution in [3.05, 3.63) is 28.1 Å². The van der Waals surface area contributed by atoms with Crippen LogP contribution in [0.25, 0.3) is 0 Å². The van der Waals surface area contributed by atoms with Crippen LogP contribution in [-0.4, -0.2) is 30.2 Å². The first-order valence-corrected chi connectivity index (χ1v) is 7.07. The third-order valence-corrected chi connectivity index (χ3v) is 4.49. The highest BCUT2D eigenvalue weighted by Crippen LogP contribution is 2.44. The zero-order valence-corrected chi connectivity index (χ0v) is 11.8. The second kappa shape index (κ2) is 5.14. The average molecular weight is 295 g/mol. The normalized spacial score (nSPS) is 27.8. The second-order valence-electron chi connectivity index (χ2n) is 5.76. The third kappa shape index (κ3) is 2.31. The van der Waals surface area contributed by atoms with Crippen molar-refractivity contribution in [2.75, 3.05) is 12.0 Å². The zero-order chi connectivity index (χ0) is 15.1. The molecule has 0 amide bonds. The Morgan fingerprint density at radius 1 is 1.38 bits per heavy atom. The number of piperidine rings is 1. The molecule has 2 fully saturated rings. The number of nitrogens with zero attached hydrogens (tertiary/aromatic N) is 2. The first kappa shape index (κ1) is 14.1. The molecule has 0 aliphatic carbocycles. The summed E-state index contributed by atoms with van der Waals surface area (Å²) in [4.78, 5) is 12.8. The maximum Gasteiger partial charge on any atom is 0.295 e. The van der Waals surface area contributed by atoms with Crippen molar-refractivity contribution < 1.29 is 14.1 Å². The summed E-state index contributed by atoms with van der Waals surface area (Å²) in [7, 11) is 1.36. The molecular formula is C14H18FN3O3. The van der Waals surface area contributed by atoms with Gasteiger partial charge in [0.1, 0.15) is 5.69 Å². The molecular weight excluding hydrogens is 277 g/mol. The number of nitro groups is 1. The Bertz CT molecular complexity index is 567. The minimum atomic E-state index is -0.714. The quantitative estimate of drug-likeness (QED) is 0.683. The summed E-state index contributed by atoms with van der Waals surface area (Å²) >= 11 is 0. The number of rotatable bonds is 3. The Kier molecular flexibility index (Phi) is 3.44. The van der Waals surface area contributed by atoms with Gasteiger partial charge in [0.05, 0.1) is 18.1 Å². The highest BCUT2D eigenvalue weighted by atomic mass is 19.1. The van der Waals surface area contributed by atoms with E-state index in [0.29, 0.717) is 5.69 Å². The Labute approximate surface area is 121 Å². The number of nitro benzene ring substituents is 1. The molecule has 21 heavy (non-hydrogen) atoms. The fraction of sp³-hybridized carbons (Fsp3) is 0.571. The molecule has 114 valence electrons. The van der Waals surface area contributed by atoms with Gasteiger partial charge >= 0.3 is 0 Å². The van der Waals surface area contributed by atoms with Gasteiger partial charge in [0.2, 0.25) is 0 Å². The second-order valence-corrected chi connectivity index (χ2v) is 5.76. The topological polar surface area (TPSA) is 81.6 Å². The SMILES string of the molecule is COc1cc(N2C3CCC2CC(N)C3)c([N+](=O)[O-])cc1F. The average Bonchev–Trinajstić information content (AvgIpc) is 2.70. The van der Waals surface area contributed by atoms with Gasteiger partial charge in [-0.3, -0.25) is 10.1 Å². The van der Waals surface area contributed by atoms with Crippen molar-refractivity contribution in [3.63, 3.8) is 0 Å². The van der Waals surface area contributed by atoms with E-state index in [1.165, 1.54) is 13.2 Å². The van der Waals surface area contributed by atoms with Gasteiger partial charge in [0, 0.05) is 24.2 Å². The van der Waals surface area contributed by atoms with Crippen molar-refractivity contribution in [1.29, 1.82) is 0 Å². The lowest BCUT2D eigenvalue weighted by atomic mass is 9.97. The van der Waals surface area contributed by atoms with Crippen LogP contribution in [0.4, 0.5) is 15.8 Å². The first-order valence-electron chi connectivity index (χ1n) is 7.07. The first-order chi connectivity index (χ1) is 10.0. The molecule has 0 spiro atoms. The largest absolute Gasteiger partial charge is 0.494 e. The number of hydrogen-bond donors (Lipinski definition) is 1. The van der Waals surface area contributed by atoms with Gasteiger partial charge in [-0.05, 0) is 25.7 Å². The van der Waals surface area contributed by atoms with Crippen molar-refractivity contribution in [3.8, 4) is 5.75 Å². The molecule has 2 atom stereocenters. The Morgan fingerprint density at radius 3 is 2.52 bits per heavy atom. The molecule has 2 unspecified atom stereocenters. The number of methoxy groups -OCH3 is 1. The van der Waals surface area contributed by atoms with Crippen LogP contribution in [0.5, 0.6) is 5.75 Å². The lowest BCUT2D eigenvalue weighted by molar-refractivity contribution is -0.384. The maximum atomic E-state index is 13.8. The van der Waals surface area contributed by atoms with Gasteiger partial charge in [-0.1, -0.05) is 0 Å². The number of benzene rings is 1. The Morgan fingerprint density at radius 2 is 2.00 bits per heavy atom.